The lowest BCUT2D eigenvalue weighted by molar-refractivity contribution is 0.137. The molecule has 0 spiro atoms. The van der Waals surface area contributed by atoms with Gasteiger partial charge in [0.1, 0.15) is 0 Å². The zero-order valence-corrected chi connectivity index (χ0v) is 4.53. The summed E-state index contributed by atoms with van der Waals surface area (Å²) in [6.07, 6.45) is -1.83. The van der Waals surface area contributed by atoms with Gasteiger partial charge in [0.15, 0.2) is 0 Å². The van der Waals surface area contributed by atoms with Gasteiger partial charge in [0, 0.05) is 17.4 Å². The molecule has 6 N–H and O–H groups in total. The number of carboxylic acid groups (broad SMARTS) is 2. The van der Waals surface area contributed by atoms with E-state index in [0.717, 1.165) is 0 Å². The Morgan fingerprint density at radius 2 is 1.14 bits per heavy atom. The summed E-state index contributed by atoms with van der Waals surface area (Å²) < 4.78 is 0. The van der Waals surface area contributed by atoms with Crippen LogP contribution < -0.4 is 0 Å². The summed E-state index contributed by atoms with van der Waals surface area (Å²) in [5.41, 5.74) is 0. The summed E-state index contributed by atoms with van der Waals surface area (Å²) in [6.45, 7) is 0. The normalized spacial score (nSPS) is 3.43. The van der Waals surface area contributed by atoms with Crippen LogP contribution in [0.15, 0.2) is 0 Å². The van der Waals surface area contributed by atoms with Gasteiger partial charge in [-0.15, -0.1) is 0 Å². The third kappa shape index (κ3) is 1030. The molecule has 0 fully saturated rings. The Labute approximate surface area is 50.3 Å². The van der Waals surface area contributed by atoms with Gasteiger partial charge in [0.2, 0.25) is 0 Å². The first-order valence-electron chi connectivity index (χ1n) is 0.651. The van der Waals surface area contributed by atoms with Crippen molar-refractivity contribution in [3.8, 4) is 0 Å². The summed E-state index contributed by atoms with van der Waals surface area (Å²) in [7, 11) is 0. The lowest BCUT2D eigenvalue weighted by Gasteiger charge is -1.60. The average molecular weight is 125 g/mol. The van der Waals surface area contributed by atoms with Crippen LogP contribution in [0.3, 0.4) is 0 Å². The average Bonchev–Trinajstić information content (AvgIpc) is 0.811. The molecular formula is CH6AlO5. The van der Waals surface area contributed by atoms with Gasteiger partial charge in [-0.05, 0) is 0 Å². The minimum Gasteiger partial charge on any atom is -0.450 e. The molecular weight excluding hydrogens is 119 g/mol. The summed E-state index contributed by atoms with van der Waals surface area (Å²) in [5, 5.41) is 13.9. The van der Waals surface area contributed by atoms with Gasteiger partial charge in [-0.1, -0.05) is 0 Å². The smallest absolute Gasteiger partial charge is 0.450 e. The molecule has 7 heavy (non-hydrogen) atoms. The van der Waals surface area contributed by atoms with E-state index < -0.39 is 6.16 Å². The second-order valence-electron chi connectivity index (χ2n) is 0.283. The van der Waals surface area contributed by atoms with Gasteiger partial charge in [0.25, 0.3) is 0 Å². The van der Waals surface area contributed by atoms with Gasteiger partial charge in [-0.25, -0.2) is 4.79 Å². The van der Waals surface area contributed by atoms with Crippen molar-refractivity contribution < 1.29 is 26.0 Å². The summed E-state index contributed by atoms with van der Waals surface area (Å²) in [5.74, 6) is 0. The van der Waals surface area contributed by atoms with Crippen LogP contribution in [-0.4, -0.2) is 44.7 Å². The zero-order chi connectivity index (χ0) is 3.58. The standard InChI is InChI=1S/CH2O3.Al.2H2O/c2-1(3)4;;;/h(H2,2,3,4);;2*1H2. The molecule has 0 rings (SSSR count). The molecule has 43 valence electrons. The van der Waals surface area contributed by atoms with E-state index in [2.05, 4.69) is 0 Å². The third-order valence-corrected chi connectivity index (χ3v) is 0. The molecule has 0 atom stereocenters. The van der Waals surface area contributed by atoms with Gasteiger partial charge in [0.05, 0.1) is 0 Å². The molecule has 0 aliphatic heterocycles. The van der Waals surface area contributed by atoms with Crippen molar-refractivity contribution in [2.24, 2.45) is 0 Å². The van der Waals surface area contributed by atoms with Gasteiger partial charge < -0.3 is 21.2 Å². The predicted molar refractivity (Wildman–Crippen MR) is 23.6 cm³/mol. The van der Waals surface area contributed by atoms with E-state index in [0.29, 0.717) is 0 Å². The van der Waals surface area contributed by atoms with Crippen molar-refractivity contribution in [2.45, 2.75) is 0 Å². The molecule has 3 radical (unpaired) electrons. The Bertz CT molecular complexity index is 31.1. The van der Waals surface area contributed by atoms with Crippen LogP contribution in [-0.2, 0) is 0 Å². The Morgan fingerprint density at radius 1 is 1.14 bits per heavy atom. The van der Waals surface area contributed by atoms with Crippen LogP contribution in [0.4, 0.5) is 4.79 Å². The fourth-order valence-electron chi connectivity index (χ4n) is 0. The second-order valence-corrected chi connectivity index (χ2v) is 0.283. The van der Waals surface area contributed by atoms with Crippen molar-refractivity contribution in [3.05, 3.63) is 0 Å². The van der Waals surface area contributed by atoms with Crippen molar-refractivity contribution in [3.63, 3.8) is 0 Å². The molecule has 0 saturated heterocycles. The maximum atomic E-state index is 8.56. The first-order chi connectivity index (χ1) is 1.73. The van der Waals surface area contributed by atoms with E-state index >= 15 is 0 Å². The van der Waals surface area contributed by atoms with Crippen LogP contribution in [0, 0.1) is 0 Å². The van der Waals surface area contributed by atoms with Crippen molar-refractivity contribution >= 4 is 23.5 Å². The van der Waals surface area contributed by atoms with E-state index in [4.69, 9.17) is 15.0 Å². The maximum Gasteiger partial charge on any atom is 0.503 e. The van der Waals surface area contributed by atoms with E-state index in [1.807, 2.05) is 0 Å². The molecule has 0 heterocycles. The highest BCUT2D eigenvalue weighted by Crippen LogP contribution is 1.42. The van der Waals surface area contributed by atoms with Crippen molar-refractivity contribution in [1.29, 1.82) is 0 Å². The van der Waals surface area contributed by atoms with Crippen LogP contribution in [0.5, 0.6) is 0 Å². The molecule has 0 aliphatic rings. The van der Waals surface area contributed by atoms with Crippen LogP contribution in [0.25, 0.3) is 0 Å². The molecule has 0 amide bonds. The summed E-state index contributed by atoms with van der Waals surface area (Å²) in [6, 6.07) is 0. The SMILES string of the molecule is O.O.O=C(O)O.[Al]. The Morgan fingerprint density at radius 3 is 1.14 bits per heavy atom. The number of carbonyl (C=O) groups is 1. The highest BCUT2D eigenvalue weighted by molar-refractivity contribution is 5.75. The molecule has 0 unspecified atom stereocenters. The summed E-state index contributed by atoms with van der Waals surface area (Å²) in [4.78, 5) is 8.56. The predicted octanol–water partition coefficient (Wildman–Crippen LogP) is -1.81. The molecule has 5 nitrogen and oxygen atoms in total. The maximum absolute atomic E-state index is 8.56. The van der Waals surface area contributed by atoms with Crippen LogP contribution in [0.2, 0.25) is 0 Å². The molecule has 6 heteroatoms. The van der Waals surface area contributed by atoms with Gasteiger partial charge in [-0.2, -0.15) is 0 Å². The highest BCUT2D eigenvalue weighted by Gasteiger charge is 1.70. The van der Waals surface area contributed by atoms with Gasteiger partial charge >= 0.3 is 6.16 Å². The molecule has 0 saturated carbocycles. The first-order valence-corrected chi connectivity index (χ1v) is 0.651. The lowest BCUT2D eigenvalue weighted by Crippen LogP contribution is -1.81. The Balaban J connectivity index is -0.0000000150. The van der Waals surface area contributed by atoms with E-state index in [1.54, 1.807) is 0 Å². The number of rotatable bonds is 0. The minimum absolute atomic E-state index is 0. The number of hydrogen-bond donors (Lipinski definition) is 2. The quantitative estimate of drug-likeness (QED) is 0.371. The first kappa shape index (κ1) is 29.7. The zero-order valence-electron chi connectivity index (χ0n) is 3.38. The molecule has 0 bridgehead atoms. The van der Waals surface area contributed by atoms with E-state index in [-0.39, 0.29) is 28.3 Å². The summed E-state index contributed by atoms with van der Waals surface area (Å²) >= 11 is 0. The van der Waals surface area contributed by atoms with Crippen LogP contribution >= 0.6 is 0 Å². The monoisotopic (exact) mass is 125 g/mol. The van der Waals surface area contributed by atoms with Crippen molar-refractivity contribution in [2.75, 3.05) is 0 Å². The Kier molecular flexibility index (Phi) is 73.1. The van der Waals surface area contributed by atoms with E-state index in [9.17, 15) is 0 Å². The minimum atomic E-state index is -1.83. The highest BCUT2D eigenvalue weighted by atomic mass is 27.0. The molecule has 0 aliphatic carbocycles. The molecule has 0 aromatic heterocycles. The third-order valence-electron chi connectivity index (χ3n) is 0. The van der Waals surface area contributed by atoms with Gasteiger partial charge in [-0.3, -0.25) is 0 Å². The van der Waals surface area contributed by atoms with Crippen LogP contribution in [0.1, 0.15) is 0 Å². The largest absolute Gasteiger partial charge is 0.503 e. The number of hydrogen-bond acceptors (Lipinski definition) is 1. The Hall–Kier alpha value is -0.278. The topological polar surface area (TPSA) is 121 Å². The fraction of sp³-hybridized carbons (Fsp3) is 0. The van der Waals surface area contributed by atoms with Crippen molar-refractivity contribution in [1.82, 2.24) is 0 Å². The lowest BCUT2D eigenvalue weighted by atomic mass is 11.5. The molecule has 0 aromatic rings. The second kappa shape index (κ2) is 17.2. The van der Waals surface area contributed by atoms with E-state index in [1.165, 1.54) is 0 Å². The molecule has 0 aromatic carbocycles. The fourth-order valence-corrected chi connectivity index (χ4v) is 0.